The number of rotatable bonds is 3. The third kappa shape index (κ3) is 2.20. The molecule has 0 radical (unpaired) electrons. The molecule has 0 bridgehead atoms. The summed E-state index contributed by atoms with van der Waals surface area (Å²) in [6.45, 7) is 0. The Morgan fingerprint density at radius 2 is 2.28 bits per heavy atom. The minimum absolute atomic E-state index is 0.0270. The fraction of sp³-hybridized carbons (Fsp3) is 0.273. The van der Waals surface area contributed by atoms with Crippen LogP contribution in [0.4, 0.5) is 10.4 Å². The number of hydrogen-bond acceptors (Lipinski definition) is 5. The van der Waals surface area contributed by atoms with E-state index >= 15 is 0 Å². The highest BCUT2D eigenvalue weighted by Crippen LogP contribution is 2.39. The van der Waals surface area contributed by atoms with E-state index < -0.39 is 11.9 Å². The Hall–Kier alpha value is -2.31. The van der Waals surface area contributed by atoms with Gasteiger partial charge in [-0.15, -0.1) is 5.10 Å². The molecule has 18 heavy (non-hydrogen) atoms. The van der Waals surface area contributed by atoms with E-state index in [4.69, 9.17) is 4.42 Å². The molecule has 0 atom stereocenters. The van der Waals surface area contributed by atoms with Crippen molar-refractivity contribution in [3.8, 4) is 0 Å². The second-order valence-electron chi connectivity index (χ2n) is 4.04. The van der Waals surface area contributed by atoms with Crippen LogP contribution in [0.1, 0.15) is 35.0 Å². The normalized spacial score (nSPS) is 14.5. The van der Waals surface area contributed by atoms with Gasteiger partial charge >= 0.3 is 6.01 Å². The number of carbonyl (C=O) groups is 1. The highest BCUT2D eigenvalue weighted by molar-refractivity contribution is 6.02. The Balaban J connectivity index is 1.73. The molecule has 1 saturated carbocycles. The van der Waals surface area contributed by atoms with Crippen molar-refractivity contribution in [1.29, 1.82) is 0 Å². The first-order valence-electron chi connectivity index (χ1n) is 5.48. The Morgan fingerprint density at radius 1 is 1.44 bits per heavy atom. The molecule has 1 aliphatic carbocycles. The van der Waals surface area contributed by atoms with Crippen LogP contribution < -0.4 is 5.32 Å². The van der Waals surface area contributed by atoms with Crippen LogP contribution in [0.15, 0.2) is 22.7 Å². The smallest absolute Gasteiger partial charge is 0.322 e. The molecule has 1 aliphatic rings. The summed E-state index contributed by atoms with van der Waals surface area (Å²) in [4.78, 5) is 15.1. The van der Waals surface area contributed by atoms with Crippen molar-refractivity contribution in [2.24, 2.45) is 0 Å². The van der Waals surface area contributed by atoms with Crippen LogP contribution in [0.2, 0.25) is 0 Å². The number of pyridine rings is 1. The number of anilines is 1. The summed E-state index contributed by atoms with van der Waals surface area (Å²) >= 11 is 0. The van der Waals surface area contributed by atoms with Gasteiger partial charge in [-0.3, -0.25) is 10.1 Å². The van der Waals surface area contributed by atoms with Gasteiger partial charge in [0.1, 0.15) is 0 Å². The Labute approximate surface area is 101 Å². The Kier molecular flexibility index (Phi) is 2.51. The van der Waals surface area contributed by atoms with Gasteiger partial charge in [-0.25, -0.2) is 4.98 Å². The van der Waals surface area contributed by atoms with Crippen molar-refractivity contribution < 1.29 is 13.6 Å². The summed E-state index contributed by atoms with van der Waals surface area (Å²) in [6, 6.07) is 2.46. The highest BCUT2D eigenvalue weighted by Gasteiger charge is 2.29. The molecule has 3 rings (SSSR count). The van der Waals surface area contributed by atoms with Gasteiger partial charge in [0.15, 0.2) is 0 Å². The molecule has 6 nitrogen and oxygen atoms in total. The molecular weight excluding hydrogens is 239 g/mol. The lowest BCUT2D eigenvalue weighted by atomic mass is 10.2. The minimum atomic E-state index is -0.716. The number of carbonyl (C=O) groups excluding carboxylic acids is 1. The fourth-order valence-electron chi connectivity index (χ4n) is 1.49. The van der Waals surface area contributed by atoms with Crippen LogP contribution in [-0.4, -0.2) is 21.1 Å². The van der Waals surface area contributed by atoms with Gasteiger partial charge in [0.25, 0.3) is 5.91 Å². The summed E-state index contributed by atoms with van der Waals surface area (Å²) in [7, 11) is 0. The first-order chi connectivity index (χ1) is 8.72. The number of halogens is 1. The van der Waals surface area contributed by atoms with Crippen LogP contribution in [0.25, 0.3) is 0 Å². The summed E-state index contributed by atoms with van der Waals surface area (Å²) in [5, 5.41) is 9.95. The first-order valence-corrected chi connectivity index (χ1v) is 5.48. The first kappa shape index (κ1) is 10.8. The lowest BCUT2D eigenvalue weighted by Crippen LogP contribution is -2.12. The fourth-order valence-corrected chi connectivity index (χ4v) is 1.49. The SMILES string of the molecule is O=C(Nc1nnc(C2CC2)o1)c1ccnc(F)c1. The van der Waals surface area contributed by atoms with Crippen molar-refractivity contribution in [2.75, 3.05) is 5.32 Å². The maximum atomic E-state index is 12.8. The van der Waals surface area contributed by atoms with Crippen LogP contribution >= 0.6 is 0 Å². The van der Waals surface area contributed by atoms with Gasteiger partial charge in [0.05, 0.1) is 0 Å². The van der Waals surface area contributed by atoms with Crippen molar-refractivity contribution in [1.82, 2.24) is 15.2 Å². The van der Waals surface area contributed by atoms with Gasteiger partial charge < -0.3 is 4.42 Å². The van der Waals surface area contributed by atoms with Crippen LogP contribution in [0.5, 0.6) is 0 Å². The number of amides is 1. The van der Waals surface area contributed by atoms with Gasteiger partial charge in [0, 0.05) is 23.7 Å². The molecule has 1 fully saturated rings. The number of nitrogens with zero attached hydrogens (tertiary/aromatic N) is 3. The van der Waals surface area contributed by atoms with Crippen molar-refractivity contribution in [3.05, 3.63) is 35.7 Å². The van der Waals surface area contributed by atoms with E-state index in [1.165, 1.54) is 12.3 Å². The van der Waals surface area contributed by atoms with Crippen LogP contribution in [-0.2, 0) is 0 Å². The van der Waals surface area contributed by atoms with Crippen molar-refractivity contribution in [2.45, 2.75) is 18.8 Å². The van der Waals surface area contributed by atoms with E-state index in [0.717, 1.165) is 18.9 Å². The Bertz CT molecular complexity index is 594. The highest BCUT2D eigenvalue weighted by atomic mass is 19.1. The van der Waals surface area contributed by atoms with Crippen LogP contribution in [0.3, 0.4) is 0 Å². The largest absolute Gasteiger partial charge is 0.408 e. The zero-order valence-corrected chi connectivity index (χ0v) is 9.26. The monoisotopic (exact) mass is 248 g/mol. The molecule has 2 heterocycles. The maximum Gasteiger partial charge on any atom is 0.322 e. The molecule has 2 aromatic rings. The summed E-state index contributed by atoms with van der Waals surface area (Å²) in [5.74, 6) is -0.373. The van der Waals surface area contributed by atoms with Crippen LogP contribution in [0, 0.1) is 5.95 Å². The average molecular weight is 248 g/mol. The molecule has 0 saturated heterocycles. The summed E-state index contributed by atoms with van der Waals surface area (Å²) in [5.41, 5.74) is 0.147. The predicted octanol–water partition coefficient (Wildman–Crippen LogP) is 1.73. The molecule has 7 heteroatoms. The van der Waals surface area contributed by atoms with E-state index in [1.807, 2.05) is 0 Å². The molecule has 1 N–H and O–H groups in total. The molecule has 92 valence electrons. The second kappa shape index (κ2) is 4.17. The third-order valence-electron chi connectivity index (χ3n) is 2.58. The zero-order chi connectivity index (χ0) is 12.5. The number of hydrogen-bond donors (Lipinski definition) is 1. The average Bonchev–Trinajstić information content (AvgIpc) is 3.11. The lowest BCUT2D eigenvalue weighted by Gasteiger charge is -1.99. The summed E-state index contributed by atoms with van der Waals surface area (Å²) in [6.07, 6.45) is 3.28. The van der Waals surface area contributed by atoms with Gasteiger partial charge in [-0.2, -0.15) is 4.39 Å². The van der Waals surface area contributed by atoms with Gasteiger partial charge in [-0.05, 0) is 18.9 Å². The number of aromatic nitrogens is 3. The third-order valence-corrected chi connectivity index (χ3v) is 2.58. The lowest BCUT2D eigenvalue weighted by molar-refractivity contribution is 0.102. The van der Waals surface area contributed by atoms with Gasteiger partial charge in [-0.1, -0.05) is 5.10 Å². The molecule has 0 aromatic carbocycles. The molecule has 0 aliphatic heterocycles. The molecular formula is C11H9FN4O2. The molecule has 2 aromatic heterocycles. The van der Waals surface area contributed by atoms with Gasteiger partial charge in [0.2, 0.25) is 11.8 Å². The van der Waals surface area contributed by atoms with E-state index in [1.54, 1.807) is 0 Å². The predicted molar refractivity (Wildman–Crippen MR) is 58.4 cm³/mol. The van der Waals surface area contributed by atoms with E-state index in [2.05, 4.69) is 20.5 Å². The maximum absolute atomic E-state index is 12.8. The van der Waals surface area contributed by atoms with E-state index in [-0.39, 0.29) is 11.6 Å². The summed E-state index contributed by atoms with van der Waals surface area (Å²) < 4.78 is 18.1. The van der Waals surface area contributed by atoms with Crippen molar-refractivity contribution >= 4 is 11.9 Å². The quantitative estimate of drug-likeness (QED) is 0.836. The second-order valence-corrected chi connectivity index (χ2v) is 4.04. The molecule has 0 spiro atoms. The topological polar surface area (TPSA) is 80.9 Å². The number of nitrogens with one attached hydrogen (secondary N) is 1. The molecule has 1 amide bonds. The van der Waals surface area contributed by atoms with E-state index in [9.17, 15) is 9.18 Å². The van der Waals surface area contributed by atoms with Crippen molar-refractivity contribution in [3.63, 3.8) is 0 Å². The van der Waals surface area contributed by atoms with E-state index in [0.29, 0.717) is 11.8 Å². The molecule has 0 unspecified atom stereocenters. The standard InChI is InChI=1S/C11H9FN4O2/c12-8-5-7(3-4-13-8)9(17)14-11-16-15-10(18-11)6-1-2-6/h3-6H,1-2H2,(H,14,16,17). The zero-order valence-electron chi connectivity index (χ0n) is 9.26. The Morgan fingerprint density at radius 3 is 3.00 bits per heavy atom. The minimum Gasteiger partial charge on any atom is -0.408 e.